The van der Waals surface area contributed by atoms with Gasteiger partial charge in [0, 0.05) is 0 Å². The Bertz CT molecular complexity index is 40.8. The molecule has 0 bridgehead atoms. The molecule has 0 aromatic carbocycles. The van der Waals surface area contributed by atoms with Crippen molar-refractivity contribution in [3.63, 3.8) is 0 Å². The number of rotatable bonds is 0. The lowest BCUT2D eigenvalue weighted by atomic mass is 11.9. The Morgan fingerprint density at radius 3 is 1.33 bits per heavy atom. The highest BCUT2D eigenvalue weighted by atomic mass is 35.5. The average Bonchev–Trinajstić information content (AvgIpc) is 1.39. The molecule has 0 aromatic rings. The first-order valence-corrected chi connectivity index (χ1v) is 2.83. The summed E-state index contributed by atoms with van der Waals surface area (Å²) in [5.41, 5.74) is 0. The van der Waals surface area contributed by atoms with E-state index in [0.717, 1.165) is 0 Å². The van der Waals surface area contributed by atoms with E-state index < -0.39 is 9.29 Å². The molecule has 36 valence electrons. The maximum absolute atomic E-state index is 8.40. The predicted molar refractivity (Wildman–Crippen MR) is 23.7 cm³/mol. The summed E-state index contributed by atoms with van der Waals surface area (Å²) in [6.45, 7) is 0. The zero-order valence-electron chi connectivity index (χ0n) is 2.78. The third kappa shape index (κ3) is 322. The highest BCUT2D eigenvalue weighted by Gasteiger charge is 1.41. The summed E-state index contributed by atoms with van der Waals surface area (Å²) in [5, 5.41) is 0.194. The monoisotopic (exact) mass is 144 g/mol. The first-order chi connectivity index (χ1) is 2.83. The minimum Gasteiger partial charge on any atom is -0.274 e. The number of hydrogen-bond donors (Lipinski definition) is 0. The molecule has 5 heteroatoms. The smallest absolute Gasteiger partial charge is 0.274 e. The Kier molecular flexibility index (Phi) is 29.2. The maximum atomic E-state index is 8.40. The summed E-state index contributed by atoms with van der Waals surface area (Å²) >= 11 is 9.53. The van der Waals surface area contributed by atoms with Crippen LogP contribution in [0.5, 0.6) is 0 Å². The largest absolute Gasteiger partial charge is 0.549 e. The van der Waals surface area contributed by atoms with Crippen molar-refractivity contribution in [2.75, 3.05) is 5.34 Å². The second-order valence-electron chi connectivity index (χ2n) is 0.184. The molecule has 0 atom stereocenters. The average molecular weight is 145 g/mol. The van der Waals surface area contributed by atoms with E-state index in [4.69, 9.17) is 32.1 Å². The van der Waals surface area contributed by atoms with E-state index in [9.17, 15) is 0 Å². The van der Waals surface area contributed by atoms with Gasteiger partial charge in [-0.1, -0.05) is 0 Å². The van der Waals surface area contributed by atoms with Crippen LogP contribution in [0.3, 0.4) is 0 Å². The topological polar surface area (TPSA) is 34.1 Å². The van der Waals surface area contributed by atoms with Gasteiger partial charge >= 0.3 is 9.29 Å². The molecule has 0 amide bonds. The van der Waals surface area contributed by atoms with Gasteiger partial charge in [0.2, 0.25) is 0 Å². The van der Waals surface area contributed by atoms with Crippen molar-refractivity contribution in [3.05, 3.63) is 0 Å². The van der Waals surface area contributed by atoms with E-state index >= 15 is 0 Å². The van der Waals surface area contributed by atoms with Gasteiger partial charge in [-0.3, -0.25) is 8.92 Å². The van der Waals surface area contributed by atoms with Gasteiger partial charge in [-0.25, -0.2) is 0 Å². The Hall–Kier alpha value is 0.397. The minimum atomic E-state index is -1.42. The van der Waals surface area contributed by atoms with Gasteiger partial charge in [-0.15, -0.1) is 23.2 Å². The molecule has 0 heterocycles. The molecule has 0 saturated heterocycles. The number of halogens is 2. The van der Waals surface area contributed by atoms with Crippen molar-refractivity contribution in [3.8, 4) is 0 Å². The fourth-order valence-electron chi connectivity index (χ4n) is 0. The lowest BCUT2D eigenvalue weighted by molar-refractivity contribution is 0.497. The van der Waals surface area contributed by atoms with E-state index in [0.29, 0.717) is 0 Å². The van der Waals surface area contributed by atoms with Crippen molar-refractivity contribution < 1.29 is 8.92 Å². The Morgan fingerprint density at radius 2 is 1.33 bits per heavy atom. The van der Waals surface area contributed by atoms with Gasteiger partial charge in [-0.2, -0.15) is 0 Å². The van der Waals surface area contributed by atoms with Crippen molar-refractivity contribution in [1.29, 1.82) is 0 Å². The second-order valence-corrected chi connectivity index (χ2v) is 1.16. The van der Waals surface area contributed by atoms with Crippen LogP contribution in [0, 0.1) is 0 Å². The molecule has 0 saturated carbocycles. The van der Waals surface area contributed by atoms with E-state index in [2.05, 4.69) is 0 Å². The highest BCUT2D eigenvalue weighted by molar-refractivity contribution is 6.40. The predicted octanol–water partition coefficient (Wildman–Crippen LogP) is 0.803. The van der Waals surface area contributed by atoms with Gasteiger partial charge in [0.1, 0.15) is 0 Å². The van der Waals surface area contributed by atoms with Gasteiger partial charge in [0.25, 0.3) is 0 Å². The molecule has 0 unspecified atom stereocenters. The molecule has 0 aliphatic rings. The van der Waals surface area contributed by atoms with Crippen LogP contribution in [0.4, 0.5) is 0 Å². The zero-order chi connectivity index (χ0) is 5.41. The Labute approximate surface area is 47.4 Å². The third-order valence-electron chi connectivity index (χ3n) is 0. The minimum absolute atomic E-state index is 0.194. The van der Waals surface area contributed by atoms with Crippen LogP contribution >= 0.6 is 23.2 Å². The molecule has 0 aliphatic heterocycles. The first kappa shape index (κ1) is 9.64. The summed E-state index contributed by atoms with van der Waals surface area (Å²) in [6.07, 6.45) is 0. The summed E-state index contributed by atoms with van der Waals surface area (Å²) in [5.74, 6) is 0. The standard InChI is InChI=1S/CH2Cl2.O2Si/c2-1-3;1-3-2/h1H2;. The van der Waals surface area contributed by atoms with Crippen molar-refractivity contribution >= 4 is 32.5 Å². The maximum Gasteiger partial charge on any atom is 0.549 e. The molecule has 0 N–H and O–H groups in total. The van der Waals surface area contributed by atoms with Crippen LogP contribution < -0.4 is 0 Å². The van der Waals surface area contributed by atoms with E-state index in [1.807, 2.05) is 0 Å². The van der Waals surface area contributed by atoms with Crippen LogP contribution in [0.15, 0.2) is 0 Å². The van der Waals surface area contributed by atoms with Gasteiger partial charge in [0.05, 0.1) is 5.34 Å². The van der Waals surface area contributed by atoms with Crippen molar-refractivity contribution in [2.45, 2.75) is 0 Å². The second kappa shape index (κ2) is 18.2. The van der Waals surface area contributed by atoms with E-state index in [1.54, 1.807) is 0 Å². The van der Waals surface area contributed by atoms with Crippen LogP contribution in [-0.4, -0.2) is 14.6 Å². The Morgan fingerprint density at radius 1 is 1.33 bits per heavy atom. The number of hydrogen-bond acceptors (Lipinski definition) is 2. The molecule has 0 aliphatic carbocycles. The van der Waals surface area contributed by atoms with Gasteiger partial charge < -0.3 is 0 Å². The fourth-order valence-corrected chi connectivity index (χ4v) is 0. The third-order valence-corrected chi connectivity index (χ3v) is 0. The Balaban J connectivity index is 0. The molecule has 0 radical (unpaired) electrons. The molecule has 0 aromatic heterocycles. The number of alkyl halides is 2. The highest BCUT2D eigenvalue weighted by Crippen LogP contribution is 1.73. The molecule has 2 nitrogen and oxygen atoms in total. The molecule has 0 spiro atoms. The van der Waals surface area contributed by atoms with Crippen molar-refractivity contribution in [2.24, 2.45) is 0 Å². The van der Waals surface area contributed by atoms with Crippen LogP contribution in [-0.2, 0) is 8.92 Å². The summed E-state index contributed by atoms with van der Waals surface area (Å²) < 4.78 is 16.8. The quantitative estimate of drug-likeness (QED) is 0.373. The summed E-state index contributed by atoms with van der Waals surface area (Å²) in [6, 6.07) is 0. The molecule has 0 fully saturated rings. The van der Waals surface area contributed by atoms with Crippen LogP contribution in [0.1, 0.15) is 0 Å². The first-order valence-electron chi connectivity index (χ1n) is 0.943. The zero-order valence-corrected chi connectivity index (χ0v) is 5.29. The fraction of sp³-hybridized carbons (Fsp3) is 1.00. The van der Waals surface area contributed by atoms with Crippen molar-refractivity contribution in [1.82, 2.24) is 0 Å². The van der Waals surface area contributed by atoms with E-state index in [-0.39, 0.29) is 5.34 Å². The molecule has 0 rings (SSSR count). The SMILES string of the molecule is ClCCl.O=[Si]=O. The summed E-state index contributed by atoms with van der Waals surface area (Å²) in [7, 11) is -1.42. The molecule has 6 heavy (non-hydrogen) atoms. The summed E-state index contributed by atoms with van der Waals surface area (Å²) in [4.78, 5) is 0. The van der Waals surface area contributed by atoms with Gasteiger partial charge in [-0.05, 0) is 0 Å². The lowest BCUT2D eigenvalue weighted by Gasteiger charge is -1.42. The van der Waals surface area contributed by atoms with Crippen LogP contribution in [0.25, 0.3) is 0 Å². The molecular formula is CH2Cl2O2Si. The van der Waals surface area contributed by atoms with Gasteiger partial charge in [0.15, 0.2) is 0 Å². The van der Waals surface area contributed by atoms with Crippen LogP contribution in [0.2, 0.25) is 0 Å². The lowest BCUT2D eigenvalue weighted by Crippen LogP contribution is -1.26. The normalized spacial score (nSPS) is 4.33. The van der Waals surface area contributed by atoms with E-state index in [1.165, 1.54) is 0 Å². The molecular weight excluding hydrogens is 143 g/mol.